The Morgan fingerprint density at radius 2 is 1.68 bits per heavy atom. The van der Waals surface area contributed by atoms with Crippen LogP contribution in [0.25, 0.3) is 16.6 Å². The zero-order chi connectivity index (χ0) is 23.3. The van der Waals surface area contributed by atoms with Gasteiger partial charge >= 0.3 is 0 Å². The van der Waals surface area contributed by atoms with Crippen LogP contribution < -0.4 is 10.2 Å². The lowest BCUT2D eigenvalue weighted by atomic mass is 10.1. The topological polar surface area (TPSA) is 76.2 Å². The van der Waals surface area contributed by atoms with E-state index in [4.69, 9.17) is 0 Å². The minimum absolute atomic E-state index is 0.746. The third-order valence-electron chi connectivity index (χ3n) is 5.82. The van der Waals surface area contributed by atoms with Gasteiger partial charge in [0.05, 0.1) is 23.6 Å². The summed E-state index contributed by atoms with van der Waals surface area (Å²) in [5.41, 5.74) is 6.63. The zero-order valence-corrected chi connectivity index (χ0v) is 19.5. The van der Waals surface area contributed by atoms with Gasteiger partial charge in [-0.1, -0.05) is 36.4 Å². The first-order chi connectivity index (χ1) is 16.7. The molecule has 0 atom stereocenters. The summed E-state index contributed by atoms with van der Waals surface area (Å²) in [5, 5.41) is 12.3. The summed E-state index contributed by atoms with van der Waals surface area (Å²) in [6.45, 7) is 1.69. The fourth-order valence-corrected chi connectivity index (χ4v) is 3.97. The van der Waals surface area contributed by atoms with Crippen molar-refractivity contribution in [1.82, 2.24) is 29.4 Å². The monoisotopic (exact) mass is 452 g/mol. The van der Waals surface area contributed by atoms with Gasteiger partial charge in [0.25, 0.3) is 0 Å². The lowest BCUT2D eigenvalue weighted by Crippen LogP contribution is -2.23. The number of nitrogens with zero attached hydrogens (tertiary/aromatic N) is 7. The van der Waals surface area contributed by atoms with Crippen molar-refractivity contribution in [1.29, 1.82) is 0 Å². The van der Waals surface area contributed by atoms with Crippen molar-refractivity contribution in [2.75, 3.05) is 30.4 Å². The highest BCUT2D eigenvalue weighted by Gasteiger charge is 2.08. The van der Waals surface area contributed by atoms with Crippen molar-refractivity contribution in [3.8, 4) is 11.1 Å². The van der Waals surface area contributed by atoms with Gasteiger partial charge in [0.1, 0.15) is 0 Å². The third-order valence-corrected chi connectivity index (χ3v) is 5.82. The van der Waals surface area contributed by atoms with Crippen LogP contribution in [0.1, 0.15) is 17.5 Å². The molecule has 0 bridgehead atoms. The summed E-state index contributed by atoms with van der Waals surface area (Å²) in [6, 6.07) is 14.6. The maximum Gasteiger partial charge on any atom is 0.224 e. The molecule has 0 saturated heterocycles. The molecule has 1 aromatic carbocycles. The fourth-order valence-electron chi connectivity index (χ4n) is 3.97. The van der Waals surface area contributed by atoms with Crippen LogP contribution in [-0.4, -0.2) is 49.5 Å². The number of pyridine rings is 1. The van der Waals surface area contributed by atoms with Crippen LogP contribution in [0.5, 0.6) is 0 Å². The molecular formula is C26H28N8. The van der Waals surface area contributed by atoms with Crippen molar-refractivity contribution in [2.45, 2.75) is 12.8 Å². The highest BCUT2D eigenvalue weighted by atomic mass is 15.2. The van der Waals surface area contributed by atoms with Crippen molar-refractivity contribution >= 4 is 17.2 Å². The lowest BCUT2D eigenvalue weighted by molar-refractivity contribution is 0.768. The van der Waals surface area contributed by atoms with Crippen LogP contribution >= 0.6 is 0 Å². The Hall–Kier alpha value is -4.20. The molecule has 8 nitrogen and oxygen atoms in total. The molecule has 172 valence electrons. The molecule has 5 rings (SSSR count). The van der Waals surface area contributed by atoms with E-state index in [1.807, 2.05) is 61.9 Å². The number of aromatic nitrogens is 6. The molecule has 4 aromatic heterocycles. The van der Waals surface area contributed by atoms with Gasteiger partial charge in [-0.2, -0.15) is 10.2 Å². The smallest absolute Gasteiger partial charge is 0.224 e. The molecule has 5 aromatic rings. The largest absolute Gasteiger partial charge is 0.382 e. The van der Waals surface area contributed by atoms with Crippen LogP contribution in [0.15, 0.2) is 79.6 Å². The summed E-state index contributed by atoms with van der Waals surface area (Å²) >= 11 is 0. The Balaban J connectivity index is 1.13. The van der Waals surface area contributed by atoms with Crippen LogP contribution in [0, 0.1) is 0 Å². The molecule has 0 amide bonds. The molecule has 0 unspecified atom stereocenters. The Morgan fingerprint density at radius 1 is 0.853 bits per heavy atom. The first-order valence-corrected chi connectivity index (χ1v) is 11.4. The first kappa shape index (κ1) is 21.6. The van der Waals surface area contributed by atoms with Gasteiger partial charge in [-0.25, -0.2) is 14.5 Å². The van der Waals surface area contributed by atoms with E-state index in [1.54, 1.807) is 4.68 Å². The van der Waals surface area contributed by atoms with Gasteiger partial charge in [0.2, 0.25) is 5.95 Å². The molecule has 0 saturated carbocycles. The Labute approximate surface area is 198 Å². The van der Waals surface area contributed by atoms with E-state index < -0.39 is 0 Å². The van der Waals surface area contributed by atoms with E-state index in [9.17, 15) is 0 Å². The quantitative estimate of drug-likeness (QED) is 0.340. The first-order valence-electron chi connectivity index (χ1n) is 11.4. The summed E-state index contributed by atoms with van der Waals surface area (Å²) in [6.07, 6.45) is 13.4. The van der Waals surface area contributed by atoms with Crippen molar-refractivity contribution in [2.24, 2.45) is 7.05 Å². The van der Waals surface area contributed by atoms with Gasteiger partial charge in [0.15, 0.2) is 0 Å². The standard InChI is InChI=1S/C26H28N8/c1-32(26-28-14-21(15-29-26)13-20-7-4-3-5-8-20)12-6-11-27-24-17-31-34-19-22(9-10-25(24)34)23-16-30-33(2)18-23/h3-5,7-10,14-19,27H,6,11-13H2,1-2H3. The fraction of sp³-hybridized carbons (Fsp3) is 0.231. The van der Waals surface area contributed by atoms with Crippen molar-refractivity contribution < 1.29 is 0 Å². The van der Waals surface area contributed by atoms with Gasteiger partial charge < -0.3 is 10.2 Å². The second-order valence-electron chi connectivity index (χ2n) is 8.46. The average Bonchev–Trinajstić information content (AvgIpc) is 3.48. The Kier molecular flexibility index (Phi) is 6.20. The number of benzene rings is 1. The molecule has 1 N–H and O–H groups in total. The molecular weight excluding hydrogens is 424 g/mol. The number of aryl methyl sites for hydroxylation is 1. The van der Waals surface area contributed by atoms with Crippen LogP contribution in [-0.2, 0) is 13.5 Å². The molecule has 0 aliphatic heterocycles. The van der Waals surface area contributed by atoms with Gasteiger partial charge in [0, 0.05) is 69.5 Å². The molecule has 0 radical (unpaired) electrons. The normalized spacial score (nSPS) is 11.1. The molecule has 0 spiro atoms. The molecule has 0 fully saturated rings. The second-order valence-corrected chi connectivity index (χ2v) is 8.46. The van der Waals surface area contributed by atoms with E-state index in [0.29, 0.717) is 0 Å². The zero-order valence-electron chi connectivity index (χ0n) is 19.5. The molecule has 4 heterocycles. The summed E-state index contributed by atoms with van der Waals surface area (Å²) < 4.78 is 3.71. The van der Waals surface area contributed by atoms with Crippen LogP contribution in [0.4, 0.5) is 11.6 Å². The number of fused-ring (bicyclic) bond motifs is 1. The highest BCUT2D eigenvalue weighted by Crippen LogP contribution is 2.23. The van der Waals surface area contributed by atoms with Crippen molar-refractivity contribution in [3.63, 3.8) is 0 Å². The number of nitrogens with one attached hydrogen (secondary N) is 1. The van der Waals surface area contributed by atoms with E-state index >= 15 is 0 Å². The van der Waals surface area contributed by atoms with Gasteiger partial charge in [-0.3, -0.25) is 4.68 Å². The Morgan fingerprint density at radius 3 is 2.44 bits per heavy atom. The maximum atomic E-state index is 4.55. The maximum absolute atomic E-state index is 4.55. The van der Waals surface area contributed by atoms with E-state index in [2.05, 4.69) is 66.8 Å². The number of anilines is 2. The average molecular weight is 453 g/mol. The van der Waals surface area contributed by atoms with Gasteiger partial charge in [-0.05, 0) is 23.6 Å². The number of rotatable bonds is 9. The van der Waals surface area contributed by atoms with E-state index in [1.165, 1.54) is 5.56 Å². The summed E-state index contributed by atoms with van der Waals surface area (Å²) in [7, 11) is 3.95. The molecule has 8 heteroatoms. The van der Waals surface area contributed by atoms with E-state index in [0.717, 1.165) is 59.8 Å². The third kappa shape index (κ3) is 4.91. The van der Waals surface area contributed by atoms with E-state index in [-0.39, 0.29) is 0 Å². The lowest BCUT2D eigenvalue weighted by Gasteiger charge is -2.17. The molecule has 0 aliphatic carbocycles. The number of hydrogen-bond donors (Lipinski definition) is 1. The predicted octanol–water partition coefficient (Wildman–Crippen LogP) is 4.05. The summed E-state index contributed by atoms with van der Waals surface area (Å²) in [5.74, 6) is 0.746. The SMILES string of the molecule is CN(CCCNc1cnn2cc(-c3cnn(C)c3)ccc12)c1ncc(Cc2ccccc2)cn1. The number of hydrogen-bond acceptors (Lipinski definition) is 6. The predicted molar refractivity (Wildman–Crippen MR) is 135 cm³/mol. The second kappa shape index (κ2) is 9.74. The molecule has 34 heavy (non-hydrogen) atoms. The van der Waals surface area contributed by atoms with Crippen LogP contribution in [0.3, 0.4) is 0 Å². The molecule has 0 aliphatic rings. The minimum Gasteiger partial charge on any atom is -0.382 e. The Bertz CT molecular complexity index is 1350. The van der Waals surface area contributed by atoms with Gasteiger partial charge in [-0.15, -0.1) is 0 Å². The van der Waals surface area contributed by atoms with Crippen molar-refractivity contribution in [3.05, 3.63) is 90.8 Å². The summed E-state index contributed by atoms with van der Waals surface area (Å²) in [4.78, 5) is 11.2. The minimum atomic E-state index is 0.746. The highest BCUT2D eigenvalue weighted by molar-refractivity contribution is 5.74. The van der Waals surface area contributed by atoms with Crippen LogP contribution in [0.2, 0.25) is 0 Å².